The van der Waals surface area contributed by atoms with E-state index in [1.54, 1.807) is 31.5 Å². The number of aryl methyl sites for hydroxylation is 1. The van der Waals surface area contributed by atoms with Gasteiger partial charge in [0.05, 0.1) is 37.4 Å². The number of benzene rings is 2. The van der Waals surface area contributed by atoms with Crippen LogP contribution in [-0.4, -0.2) is 32.2 Å². The highest BCUT2D eigenvalue weighted by Crippen LogP contribution is 2.34. The number of methoxy groups -OCH3 is 2. The van der Waals surface area contributed by atoms with E-state index in [9.17, 15) is 4.79 Å². The first-order valence-electron chi connectivity index (χ1n) is 11.8. The van der Waals surface area contributed by atoms with Crippen LogP contribution in [0.25, 0.3) is 0 Å². The molecule has 6 heteroatoms. The number of aromatic nitrogens is 1. The van der Waals surface area contributed by atoms with E-state index in [0.29, 0.717) is 22.9 Å². The highest BCUT2D eigenvalue weighted by molar-refractivity contribution is 5.97. The number of rotatable bonds is 7. The Kier molecular flexibility index (Phi) is 7.36. The fourth-order valence-corrected chi connectivity index (χ4v) is 4.58. The number of hydrogen-bond acceptors (Lipinski definition) is 6. The molecule has 1 fully saturated rings. The first kappa shape index (κ1) is 23.6. The SMILES string of the molecule is COC(=O)c1cc(OC)ccc1Nc1cnc(N(C)c2ccc(C3CCCCC3)cc2)cc1C.[HH]. The van der Waals surface area contributed by atoms with Crippen LogP contribution in [0, 0.1) is 6.92 Å². The van der Waals surface area contributed by atoms with E-state index in [1.807, 2.05) is 20.0 Å². The molecule has 34 heavy (non-hydrogen) atoms. The molecule has 1 saturated carbocycles. The molecule has 0 saturated heterocycles. The summed E-state index contributed by atoms with van der Waals surface area (Å²) in [6.45, 7) is 2.02. The first-order valence-corrected chi connectivity index (χ1v) is 11.8. The van der Waals surface area contributed by atoms with Crippen LogP contribution in [0.15, 0.2) is 54.7 Å². The van der Waals surface area contributed by atoms with Crippen molar-refractivity contribution in [2.75, 3.05) is 31.5 Å². The van der Waals surface area contributed by atoms with Crippen molar-refractivity contribution >= 4 is 28.8 Å². The lowest BCUT2D eigenvalue weighted by atomic mass is 9.84. The van der Waals surface area contributed by atoms with Gasteiger partial charge in [-0.2, -0.15) is 0 Å². The van der Waals surface area contributed by atoms with E-state index in [2.05, 4.69) is 39.5 Å². The lowest BCUT2D eigenvalue weighted by molar-refractivity contribution is 0.0601. The van der Waals surface area contributed by atoms with Gasteiger partial charge in [-0.3, -0.25) is 0 Å². The smallest absolute Gasteiger partial charge is 0.340 e. The molecule has 6 nitrogen and oxygen atoms in total. The highest BCUT2D eigenvalue weighted by atomic mass is 16.5. The van der Waals surface area contributed by atoms with Gasteiger partial charge in [0.15, 0.2) is 0 Å². The largest absolute Gasteiger partial charge is 0.497 e. The maximum Gasteiger partial charge on any atom is 0.340 e. The number of carbonyl (C=O) groups is 1. The summed E-state index contributed by atoms with van der Waals surface area (Å²) >= 11 is 0. The van der Waals surface area contributed by atoms with Crippen molar-refractivity contribution in [3.63, 3.8) is 0 Å². The highest BCUT2D eigenvalue weighted by Gasteiger charge is 2.17. The fourth-order valence-electron chi connectivity index (χ4n) is 4.58. The molecule has 1 aliphatic carbocycles. The molecule has 3 aromatic rings. The predicted molar refractivity (Wildman–Crippen MR) is 139 cm³/mol. The Morgan fingerprint density at radius 2 is 1.76 bits per heavy atom. The van der Waals surface area contributed by atoms with E-state index in [1.165, 1.54) is 44.8 Å². The average molecular weight is 462 g/mol. The van der Waals surface area contributed by atoms with Crippen LogP contribution in [0.4, 0.5) is 22.9 Å². The molecule has 0 aliphatic heterocycles. The molecule has 180 valence electrons. The van der Waals surface area contributed by atoms with Crippen molar-refractivity contribution in [1.82, 2.24) is 4.98 Å². The number of ether oxygens (including phenoxy) is 2. The number of nitrogens with one attached hydrogen (secondary N) is 1. The Labute approximate surface area is 203 Å². The van der Waals surface area contributed by atoms with Crippen LogP contribution < -0.4 is 15.0 Å². The molecule has 0 amide bonds. The number of anilines is 4. The van der Waals surface area contributed by atoms with E-state index in [0.717, 1.165) is 22.8 Å². The Bertz CT molecular complexity index is 1140. The summed E-state index contributed by atoms with van der Waals surface area (Å²) in [5.41, 5.74) is 5.43. The van der Waals surface area contributed by atoms with Gasteiger partial charge in [0, 0.05) is 14.2 Å². The number of esters is 1. The molecule has 0 spiro atoms. The summed E-state index contributed by atoms with van der Waals surface area (Å²) in [6, 6.07) is 16.2. The molecule has 1 aliphatic rings. The van der Waals surface area contributed by atoms with Crippen molar-refractivity contribution < 1.29 is 15.7 Å². The molecule has 1 heterocycles. The number of nitrogens with zero attached hydrogens (tertiary/aromatic N) is 2. The molecule has 1 N–H and O–H groups in total. The zero-order valence-corrected chi connectivity index (χ0v) is 20.4. The van der Waals surface area contributed by atoms with Gasteiger partial charge in [-0.25, -0.2) is 9.78 Å². The molecule has 2 aromatic carbocycles. The van der Waals surface area contributed by atoms with Gasteiger partial charge in [-0.05, 0) is 73.2 Å². The molecule has 0 bridgehead atoms. The van der Waals surface area contributed by atoms with Crippen molar-refractivity contribution in [2.45, 2.75) is 44.9 Å². The lowest BCUT2D eigenvalue weighted by Gasteiger charge is -2.24. The van der Waals surface area contributed by atoms with Crippen molar-refractivity contribution in [3.8, 4) is 5.75 Å². The molecule has 0 atom stereocenters. The second kappa shape index (κ2) is 10.6. The number of pyridine rings is 1. The van der Waals surface area contributed by atoms with Crippen LogP contribution in [0.3, 0.4) is 0 Å². The Balaban J connectivity index is 0.00000342. The average Bonchev–Trinajstić information content (AvgIpc) is 2.89. The van der Waals surface area contributed by atoms with Crippen LogP contribution in [-0.2, 0) is 4.74 Å². The lowest BCUT2D eigenvalue weighted by Crippen LogP contribution is -2.12. The molecular formula is C28H35N3O3. The third kappa shape index (κ3) is 5.16. The van der Waals surface area contributed by atoms with Crippen molar-refractivity contribution in [2.24, 2.45) is 0 Å². The topological polar surface area (TPSA) is 63.7 Å². The summed E-state index contributed by atoms with van der Waals surface area (Å²) in [4.78, 5) is 19.0. The minimum Gasteiger partial charge on any atom is -0.497 e. The molecule has 0 radical (unpaired) electrons. The van der Waals surface area contributed by atoms with Gasteiger partial charge in [-0.15, -0.1) is 0 Å². The summed E-state index contributed by atoms with van der Waals surface area (Å²) in [5.74, 6) is 1.72. The van der Waals surface area contributed by atoms with Crippen molar-refractivity contribution in [1.29, 1.82) is 0 Å². The third-order valence-electron chi connectivity index (χ3n) is 6.70. The zero-order valence-electron chi connectivity index (χ0n) is 20.4. The predicted octanol–water partition coefficient (Wildman–Crippen LogP) is 6.99. The minimum absolute atomic E-state index is 0. The van der Waals surface area contributed by atoms with Gasteiger partial charge >= 0.3 is 5.97 Å². The van der Waals surface area contributed by atoms with Crippen molar-refractivity contribution in [3.05, 3.63) is 71.4 Å². The van der Waals surface area contributed by atoms with Gasteiger partial charge in [0.1, 0.15) is 11.6 Å². The molecule has 4 rings (SSSR count). The quantitative estimate of drug-likeness (QED) is 0.383. The maximum absolute atomic E-state index is 12.3. The van der Waals surface area contributed by atoms with Gasteiger partial charge in [0.2, 0.25) is 0 Å². The molecule has 1 aromatic heterocycles. The first-order chi connectivity index (χ1) is 16.5. The standard InChI is InChI=1S/C28H33N3O3.H2/c1-19-16-27(31(2)22-12-10-21(11-13-22)20-8-6-5-7-9-20)29-18-26(19)30-25-15-14-23(33-3)17-24(25)28(32)34-4;/h10-18,20,30H,5-9H2,1-4H3;1H. The van der Waals surface area contributed by atoms with Crippen LogP contribution >= 0.6 is 0 Å². The van der Waals surface area contributed by atoms with Gasteiger partial charge in [-0.1, -0.05) is 31.4 Å². The van der Waals surface area contributed by atoms with E-state index in [4.69, 9.17) is 9.47 Å². The fraction of sp³-hybridized carbons (Fsp3) is 0.357. The van der Waals surface area contributed by atoms with E-state index >= 15 is 0 Å². The maximum atomic E-state index is 12.3. The Morgan fingerprint density at radius 1 is 1.03 bits per heavy atom. The Hall–Kier alpha value is -3.54. The summed E-state index contributed by atoms with van der Waals surface area (Å²) < 4.78 is 10.2. The van der Waals surface area contributed by atoms with E-state index < -0.39 is 5.97 Å². The van der Waals surface area contributed by atoms with Crippen LogP contribution in [0.5, 0.6) is 5.75 Å². The summed E-state index contributed by atoms with van der Waals surface area (Å²) in [6.07, 6.45) is 8.45. The summed E-state index contributed by atoms with van der Waals surface area (Å²) in [7, 11) is 4.96. The van der Waals surface area contributed by atoms with Gasteiger partial charge < -0.3 is 19.7 Å². The molecular weight excluding hydrogens is 426 g/mol. The van der Waals surface area contributed by atoms with E-state index in [-0.39, 0.29) is 1.43 Å². The number of hydrogen-bond donors (Lipinski definition) is 1. The van der Waals surface area contributed by atoms with Gasteiger partial charge in [0.25, 0.3) is 0 Å². The third-order valence-corrected chi connectivity index (χ3v) is 6.70. The Morgan fingerprint density at radius 3 is 2.41 bits per heavy atom. The second-order valence-electron chi connectivity index (χ2n) is 8.87. The number of carbonyl (C=O) groups excluding carboxylic acids is 1. The second-order valence-corrected chi connectivity index (χ2v) is 8.87. The molecule has 0 unspecified atom stereocenters. The normalized spacial score (nSPS) is 13.9. The zero-order chi connectivity index (χ0) is 24.1. The van der Waals surface area contributed by atoms with Crippen LogP contribution in [0.2, 0.25) is 0 Å². The minimum atomic E-state index is -0.431. The summed E-state index contributed by atoms with van der Waals surface area (Å²) in [5, 5.41) is 3.32. The monoisotopic (exact) mass is 461 g/mol. The van der Waals surface area contributed by atoms with Crippen LogP contribution in [0.1, 0.15) is 60.9 Å².